The Balaban J connectivity index is 1.93. The molecule has 1 heterocycles. The number of allylic oxidation sites excluding steroid dienone is 2. The molecule has 0 amide bonds. The van der Waals surface area contributed by atoms with E-state index < -0.39 is 11.9 Å². The molecule has 0 bridgehead atoms. The maximum absolute atomic E-state index is 12.5. The molecular formula is C24H23NO5. The Morgan fingerprint density at radius 1 is 0.933 bits per heavy atom. The van der Waals surface area contributed by atoms with Crippen LogP contribution in [0.3, 0.4) is 0 Å². The highest BCUT2D eigenvalue weighted by Gasteiger charge is 2.27. The molecule has 0 spiro atoms. The number of aryl methyl sites for hydroxylation is 1. The van der Waals surface area contributed by atoms with Crippen LogP contribution in [0.5, 0.6) is 5.75 Å². The normalized spacial score (nSPS) is 13.1. The molecule has 0 unspecified atom stereocenters. The lowest BCUT2D eigenvalue weighted by Gasteiger charge is -2.24. The molecule has 0 aromatic heterocycles. The fourth-order valence-corrected chi connectivity index (χ4v) is 3.05. The minimum absolute atomic E-state index is 0.0757. The predicted octanol–water partition coefficient (Wildman–Crippen LogP) is 4.06. The second-order valence-electron chi connectivity index (χ2n) is 6.54. The minimum Gasteiger partial charge on any atom is -0.489 e. The van der Waals surface area contributed by atoms with Crippen molar-refractivity contribution >= 4 is 17.6 Å². The van der Waals surface area contributed by atoms with Gasteiger partial charge in [0.2, 0.25) is 0 Å². The number of benzene rings is 2. The Morgan fingerprint density at radius 2 is 1.67 bits per heavy atom. The maximum atomic E-state index is 12.5. The molecule has 0 atom stereocenters. The van der Waals surface area contributed by atoms with Crippen molar-refractivity contribution in [3.8, 4) is 5.75 Å². The van der Waals surface area contributed by atoms with Gasteiger partial charge >= 0.3 is 11.9 Å². The number of carbonyl (C=O) groups is 2. The monoisotopic (exact) mass is 405 g/mol. The number of hydrogen-bond donors (Lipinski definition) is 0. The summed E-state index contributed by atoms with van der Waals surface area (Å²) in [7, 11) is 2.54. The van der Waals surface area contributed by atoms with Crippen molar-refractivity contribution < 1.29 is 23.8 Å². The van der Waals surface area contributed by atoms with Crippen LogP contribution in [-0.2, 0) is 25.7 Å². The molecule has 6 nitrogen and oxygen atoms in total. The third-order valence-corrected chi connectivity index (χ3v) is 4.56. The Kier molecular flexibility index (Phi) is 6.70. The maximum Gasteiger partial charge on any atom is 0.355 e. The van der Waals surface area contributed by atoms with Crippen molar-refractivity contribution in [2.24, 2.45) is 0 Å². The quantitative estimate of drug-likeness (QED) is 0.675. The first-order valence-electron chi connectivity index (χ1n) is 9.37. The molecule has 0 fully saturated rings. The molecule has 1 aliphatic rings. The highest BCUT2D eigenvalue weighted by Crippen LogP contribution is 2.30. The topological polar surface area (TPSA) is 65.1 Å². The van der Waals surface area contributed by atoms with E-state index in [1.165, 1.54) is 20.3 Å². The van der Waals surface area contributed by atoms with Gasteiger partial charge in [-0.15, -0.1) is 0 Å². The Morgan fingerprint density at radius 3 is 2.33 bits per heavy atom. The summed E-state index contributed by atoms with van der Waals surface area (Å²) in [5.74, 6) is -0.537. The molecule has 0 saturated heterocycles. The van der Waals surface area contributed by atoms with Crippen LogP contribution < -0.4 is 9.64 Å². The first-order valence-corrected chi connectivity index (χ1v) is 9.37. The molecule has 2 aromatic rings. The Bertz CT molecular complexity index is 1020. The van der Waals surface area contributed by atoms with Gasteiger partial charge in [-0.25, -0.2) is 9.59 Å². The summed E-state index contributed by atoms with van der Waals surface area (Å²) in [6, 6.07) is 15.4. The smallest absolute Gasteiger partial charge is 0.355 e. The van der Waals surface area contributed by atoms with Gasteiger partial charge < -0.3 is 19.1 Å². The van der Waals surface area contributed by atoms with E-state index in [0.29, 0.717) is 12.3 Å². The van der Waals surface area contributed by atoms with Crippen LogP contribution in [0.2, 0.25) is 0 Å². The first kappa shape index (κ1) is 20.9. The van der Waals surface area contributed by atoms with Crippen molar-refractivity contribution in [2.45, 2.75) is 13.5 Å². The van der Waals surface area contributed by atoms with E-state index in [2.05, 4.69) is 0 Å². The van der Waals surface area contributed by atoms with Gasteiger partial charge in [-0.05, 0) is 48.4 Å². The van der Waals surface area contributed by atoms with Gasteiger partial charge in [-0.2, -0.15) is 0 Å². The van der Waals surface area contributed by atoms with Crippen molar-refractivity contribution in [1.29, 1.82) is 0 Å². The van der Waals surface area contributed by atoms with E-state index >= 15 is 0 Å². The molecular weight excluding hydrogens is 382 g/mol. The average Bonchev–Trinajstić information content (AvgIpc) is 3.01. The first-order chi connectivity index (χ1) is 14.5. The van der Waals surface area contributed by atoms with Gasteiger partial charge in [0.15, 0.2) is 0 Å². The molecule has 154 valence electrons. The summed E-state index contributed by atoms with van der Waals surface area (Å²) >= 11 is 0. The summed E-state index contributed by atoms with van der Waals surface area (Å²) in [6.45, 7) is 2.38. The summed E-state index contributed by atoms with van der Waals surface area (Å²) < 4.78 is 15.7. The van der Waals surface area contributed by atoms with Gasteiger partial charge in [0.05, 0.1) is 19.8 Å². The SMILES string of the molecule is COC(=O)C1=C(C(=O)OC)N(c2ccc(OCc3ccccc3)c(C)c2)C=CC=C1. The lowest BCUT2D eigenvalue weighted by atomic mass is 10.1. The summed E-state index contributed by atoms with van der Waals surface area (Å²) in [4.78, 5) is 26.4. The van der Waals surface area contributed by atoms with E-state index in [1.54, 1.807) is 23.3 Å². The van der Waals surface area contributed by atoms with Crippen molar-refractivity contribution in [3.05, 3.63) is 95.4 Å². The second-order valence-corrected chi connectivity index (χ2v) is 6.54. The lowest BCUT2D eigenvalue weighted by molar-refractivity contribution is -0.139. The number of ether oxygens (including phenoxy) is 3. The van der Waals surface area contributed by atoms with Gasteiger partial charge in [0.1, 0.15) is 18.1 Å². The highest BCUT2D eigenvalue weighted by atomic mass is 16.5. The largest absolute Gasteiger partial charge is 0.489 e. The third kappa shape index (κ3) is 4.60. The van der Waals surface area contributed by atoms with Crippen molar-refractivity contribution in [2.75, 3.05) is 19.1 Å². The molecule has 3 rings (SSSR count). The van der Waals surface area contributed by atoms with E-state index in [-0.39, 0.29) is 11.3 Å². The number of esters is 2. The van der Waals surface area contributed by atoms with Crippen LogP contribution in [0.15, 0.2) is 84.2 Å². The molecule has 30 heavy (non-hydrogen) atoms. The van der Waals surface area contributed by atoms with E-state index in [9.17, 15) is 9.59 Å². The van der Waals surface area contributed by atoms with Crippen molar-refractivity contribution in [1.82, 2.24) is 0 Å². The Labute approximate surface area is 175 Å². The zero-order valence-corrected chi connectivity index (χ0v) is 17.1. The summed E-state index contributed by atoms with van der Waals surface area (Å²) in [6.07, 6.45) is 6.62. The third-order valence-electron chi connectivity index (χ3n) is 4.56. The molecule has 0 N–H and O–H groups in total. The number of hydrogen-bond acceptors (Lipinski definition) is 6. The molecule has 6 heteroatoms. The predicted molar refractivity (Wildman–Crippen MR) is 114 cm³/mol. The molecule has 0 aliphatic carbocycles. The van der Waals surface area contributed by atoms with Gasteiger partial charge in [-0.1, -0.05) is 36.4 Å². The van der Waals surface area contributed by atoms with Crippen LogP contribution in [0.4, 0.5) is 5.69 Å². The summed E-state index contributed by atoms with van der Waals surface area (Å²) in [5.41, 5.74) is 2.82. The highest BCUT2D eigenvalue weighted by molar-refractivity contribution is 6.05. The molecule has 2 aromatic carbocycles. The van der Waals surface area contributed by atoms with Crippen molar-refractivity contribution in [3.63, 3.8) is 0 Å². The lowest BCUT2D eigenvalue weighted by Crippen LogP contribution is -2.27. The van der Waals surface area contributed by atoms with Crippen LogP contribution >= 0.6 is 0 Å². The zero-order chi connectivity index (χ0) is 21.5. The van der Waals surface area contributed by atoms with Gasteiger partial charge in [0, 0.05) is 11.9 Å². The number of carbonyl (C=O) groups excluding carboxylic acids is 2. The second kappa shape index (κ2) is 9.60. The van der Waals surface area contributed by atoms with E-state index in [4.69, 9.17) is 14.2 Å². The number of nitrogens with zero attached hydrogens (tertiary/aromatic N) is 1. The van der Waals surface area contributed by atoms with Crippen LogP contribution in [0.1, 0.15) is 11.1 Å². The van der Waals surface area contributed by atoms with Gasteiger partial charge in [0.25, 0.3) is 0 Å². The number of anilines is 1. The van der Waals surface area contributed by atoms with E-state index in [1.807, 2.05) is 55.5 Å². The summed E-state index contributed by atoms with van der Waals surface area (Å²) in [5, 5.41) is 0. The molecule has 0 saturated carbocycles. The molecule has 1 aliphatic heterocycles. The van der Waals surface area contributed by atoms with Gasteiger partial charge in [-0.3, -0.25) is 0 Å². The van der Waals surface area contributed by atoms with E-state index in [0.717, 1.165) is 16.9 Å². The standard InChI is InChI=1S/C24H23NO5/c1-17-15-19(12-13-21(17)30-16-18-9-5-4-6-10-18)25-14-8-7-11-20(23(26)28-2)22(25)24(27)29-3/h4-15H,16H2,1-3H3. The van der Waals surface area contributed by atoms with Crippen LogP contribution in [-0.4, -0.2) is 26.2 Å². The fourth-order valence-electron chi connectivity index (χ4n) is 3.05. The molecule has 0 radical (unpaired) electrons. The number of rotatable bonds is 6. The zero-order valence-electron chi connectivity index (χ0n) is 17.1. The fraction of sp³-hybridized carbons (Fsp3) is 0.167. The van der Waals surface area contributed by atoms with Crippen LogP contribution in [0.25, 0.3) is 0 Å². The number of methoxy groups -OCH3 is 2. The van der Waals surface area contributed by atoms with Crippen LogP contribution in [0, 0.1) is 6.92 Å². The minimum atomic E-state index is -0.645. The average molecular weight is 405 g/mol. The Hall–Kier alpha value is -3.80.